The highest BCUT2D eigenvalue weighted by atomic mass is 35.5. The van der Waals surface area contributed by atoms with Gasteiger partial charge in [0.15, 0.2) is 5.78 Å². The Morgan fingerprint density at radius 3 is 2.67 bits per heavy atom. The minimum Gasteiger partial charge on any atom is -0.292 e. The predicted octanol–water partition coefficient (Wildman–Crippen LogP) is 4.02. The maximum atomic E-state index is 12.3. The standard InChI is InChI=1S/C17H13ClN2O/c1-11-6-7-12(13(18)8-11)9-17(21)16-10-19-14-4-2-3-5-15(14)20-16/h2-8,10H,9H2,1H3. The number of para-hydroxylation sites is 2. The van der Waals surface area contributed by atoms with Crippen LogP contribution in [0.5, 0.6) is 0 Å². The van der Waals surface area contributed by atoms with Gasteiger partial charge in [-0.1, -0.05) is 35.9 Å². The van der Waals surface area contributed by atoms with E-state index in [1.165, 1.54) is 6.20 Å². The number of halogens is 1. The van der Waals surface area contributed by atoms with E-state index in [0.717, 1.165) is 22.2 Å². The minimum absolute atomic E-state index is 0.0843. The Morgan fingerprint density at radius 1 is 1.14 bits per heavy atom. The number of ketones is 1. The molecule has 0 aliphatic heterocycles. The van der Waals surface area contributed by atoms with Crippen molar-refractivity contribution in [3.63, 3.8) is 0 Å². The van der Waals surface area contributed by atoms with E-state index in [9.17, 15) is 4.79 Å². The van der Waals surface area contributed by atoms with Crippen LogP contribution in [0.15, 0.2) is 48.7 Å². The maximum absolute atomic E-state index is 12.3. The predicted molar refractivity (Wildman–Crippen MR) is 83.8 cm³/mol. The summed E-state index contributed by atoms with van der Waals surface area (Å²) in [5.74, 6) is -0.0843. The van der Waals surface area contributed by atoms with Crippen molar-refractivity contribution < 1.29 is 4.79 Å². The molecule has 0 aliphatic carbocycles. The van der Waals surface area contributed by atoms with Gasteiger partial charge in [-0.15, -0.1) is 0 Å². The molecule has 0 N–H and O–H groups in total. The van der Waals surface area contributed by atoms with Crippen molar-refractivity contribution in [1.82, 2.24) is 9.97 Å². The van der Waals surface area contributed by atoms with Crippen LogP contribution >= 0.6 is 11.6 Å². The largest absolute Gasteiger partial charge is 0.292 e. The lowest BCUT2D eigenvalue weighted by Crippen LogP contribution is -2.07. The van der Waals surface area contributed by atoms with Crippen molar-refractivity contribution in [2.75, 3.05) is 0 Å². The highest BCUT2D eigenvalue weighted by Gasteiger charge is 2.12. The first-order chi connectivity index (χ1) is 10.1. The summed E-state index contributed by atoms with van der Waals surface area (Å²) >= 11 is 6.17. The van der Waals surface area contributed by atoms with Crippen molar-refractivity contribution in [1.29, 1.82) is 0 Å². The number of aryl methyl sites for hydroxylation is 1. The zero-order chi connectivity index (χ0) is 14.8. The molecule has 0 saturated heterocycles. The Balaban J connectivity index is 1.89. The van der Waals surface area contributed by atoms with Crippen molar-refractivity contribution >= 4 is 28.4 Å². The third-order valence-electron chi connectivity index (χ3n) is 3.29. The van der Waals surface area contributed by atoms with Gasteiger partial charge in [0.1, 0.15) is 5.69 Å². The zero-order valence-corrected chi connectivity index (χ0v) is 12.3. The lowest BCUT2D eigenvalue weighted by molar-refractivity contribution is 0.0988. The van der Waals surface area contributed by atoms with Gasteiger partial charge in [-0.3, -0.25) is 9.78 Å². The Labute approximate surface area is 127 Å². The molecule has 3 nitrogen and oxygen atoms in total. The molecule has 104 valence electrons. The lowest BCUT2D eigenvalue weighted by atomic mass is 10.1. The lowest BCUT2D eigenvalue weighted by Gasteiger charge is -2.05. The monoisotopic (exact) mass is 296 g/mol. The van der Waals surface area contributed by atoms with Crippen molar-refractivity contribution in [3.05, 3.63) is 70.5 Å². The summed E-state index contributed by atoms with van der Waals surface area (Å²) in [7, 11) is 0. The van der Waals surface area contributed by atoms with E-state index in [4.69, 9.17) is 11.6 Å². The van der Waals surface area contributed by atoms with Gasteiger partial charge in [-0.05, 0) is 36.2 Å². The van der Waals surface area contributed by atoms with E-state index in [1.807, 2.05) is 49.4 Å². The van der Waals surface area contributed by atoms with Crippen LogP contribution in [-0.4, -0.2) is 15.8 Å². The second kappa shape index (κ2) is 5.62. The van der Waals surface area contributed by atoms with Crippen molar-refractivity contribution in [2.45, 2.75) is 13.3 Å². The highest BCUT2D eigenvalue weighted by Crippen LogP contribution is 2.19. The fourth-order valence-electron chi connectivity index (χ4n) is 2.15. The van der Waals surface area contributed by atoms with Gasteiger partial charge >= 0.3 is 0 Å². The molecule has 1 heterocycles. The van der Waals surface area contributed by atoms with E-state index in [2.05, 4.69) is 9.97 Å². The molecule has 0 spiro atoms. The van der Waals surface area contributed by atoms with Gasteiger partial charge in [-0.25, -0.2) is 4.98 Å². The molecule has 0 atom stereocenters. The smallest absolute Gasteiger partial charge is 0.187 e. The number of benzene rings is 2. The maximum Gasteiger partial charge on any atom is 0.187 e. The summed E-state index contributed by atoms with van der Waals surface area (Å²) in [6.07, 6.45) is 1.75. The van der Waals surface area contributed by atoms with Crippen LogP contribution < -0.4 is 0 Å². The summed E-state index contributed by atoms with van der Waals surface area (Å²) in [5, 5.41) is 0.608. The fourth-order valence-corrected chi connectivity index (χ4v) is 2.45. The molecule has 3 aromatic rings. The number of hydrogen-bond acceptors (Lipinski definition) is 3. The number of Topliss-reactive ketones (excluding diaryl/α,β-unsaturated/α-hetero) is 1. The average Bonchev–Trinajstić information content (AvgIpc) is 2.49. The van der Waals surface area contributed by atoms with Crippen LogP contribution in [-0.2, 0) is 6.42 Å². The third kappa shape index (κ3) is 2.93. The minimum atomic E-state index is -0.0843. The van der Waals surface area contributed by atoms with Gasteiger partial charge in [0.25, 0.3) is 0 Å². The first-order valence-electron chi connectivity index (χ1n) is 6.63. The van der Waals surface area contributed by atoms with Crippen molar-refractivity contribution in [2.24, 2.45) is 0 Å². The topological polar surface area (TPSA) is 42.9 Å². The van der Waals surface area contributed by atoms with Gasteiger partial charge in [0.05, 0.1) is 17.2 Å². The van der Waals surface area contributed by atoms with E-state index >= 15 is 0 Å². The molecule has 3 rings (SSSR count). The molecule has 2 aromatic carbocycles. The summed E-state index contributed by atoms with van der Waals surface area (Å²) in [6, 6.07) is 13.2. The summed E-state index contributed by atoms with van der Waals surface area (Å²) < 4.78 is 0. The van der Waals surface area contributed by atoms with Gasteiger partial charge in [-0.2, -0.15) is 0 Å². The first kappa shape index (κ1) is 13.7. The molecule has 0 saturated carbocycles. The summed E-state index contributed by atoms with van der Waals surface area (Å²) in [4.78, 5) is 21.0. The first-order valence-corrected chi connectivity index (χ1v) is 7.01. The number of aromatic nitrogens is 2. The Morgan fingerprint density at radius 2 is 1.90 bits per heavy atom. The molecule has 21 heavy (non-hydrogen) atoms. The molecule has 4 heteroatoms. The zero-order valence-electron chi connectivity index (χ0n) is 11.5. The van der Waals surface area contributed by atoms with E-state index in [0.29, 0.717) is 10.7 Å². The molecule has 0 amide bonds. The molecular weight excluding hydrogens is 284 g/mol. The van der Waals surface area contributed by atoms with Gasteiger partial charge < -0.3 is 0 Å². The SMILES string of the molecule is Cc1ccc(CC(=O)c2cnc3ccccc3n2)c(Cl)c1. The van der Waals surface area contributed by atoms with Gasteiger partial charge in [0.2, 0.25) is 0 Å². The Bertz CT molecular complexity index is 830. The average molecular weight is 297 g/mol. The summed E-state index contributed by atoms with van der Waals surface area (Å²) in [5.41, 5.74) is 3.75. The molecular formula is C17H13ClN2O. The number of hydrogen-bond donors (Lipinski definition) is 0. The van der Waals surface area contributed by atoms with Crippen LogP contribution in [0.3, 0.4) is 0 Å². The van der Waals surface area contributed by atoms with Crippen LogP contribution in [0.25, 0.3) is 11.0 Å². The number of fused-ring (bicyclic) bond motifs is 1. The number of nitrogens with zero attached hydrogens (tertiary/aromatic N) is 2. The summed E-state index contributed by atoms with van der Waals surface area (Å²) in [6.45, 7) is 1.96. The molecule has 0 bridgehead atoms. The fraction of sp³-hybridized carbons (Fsp3) is 0.118. The normalized spacial score (nSPS) is 10.8. The van der Waals surface area contributed by atoms with Gasteiger partial charge in [0, 0.05) is 11.4 Å². The molecule has 0 unspecified atom stereocenters. The second-order valence-corrected chi connectivity index (χ2v) is 5.35. The Hall–Kier alpha value is -2.26. The molecule has 0 fully saturated rings. The van der Waals surface area contributed by atoms with Crippen LogP contribution in [0.2, 0.25) is 5.02 Å². The number of carbonyl (C=O) groups excluding carboxylic acids is 1. The van der Waals surface area contributed by atoms with Crippen LogP contribution in [0.1, 0.15) is 21.6 Å². The van der Waals surface area contributed by atoms with Crippen molar-refractivity contribution in [3.8, 4) is 0 Å². The molecule has 0 radical (unpaired) electrons. The van der Waals surface area contributed by atoms with E-state index in [1.54, 1.807) is 0 Å². The highest BCUT2D eigenvalue weighted by molar-refractivity contribution is 6.31. The third-order valence-corrected chi connectivity index (χ3v) is 3.65. The number of rotatable bonds is 3. The molecule has 1 aromatic heterocycles. The van der Waals surface area contributed by atoms with E-state index in [-0.39, 0.29) is 12.2 Å². The second-order valence-electron chi connectivity index (χ2n) is 4.94. The van der Waals surface area contributed by atoms with E-state index < -0.39 is 0 Å². The number of carbonyl (C=O) groups is 1. The quantitative estimate of drug-likeness (QED) is 0.686. The van der Waals surface area contributed by atoms with Crippen LogP contribution in [0.4, 0.5) is 0 Å². The Kier molecular flexibility index (Phi) is 3.67. The van der Waals surface area contributed by atoms with Crippen LogP contribution in [0, 0.1) is 6.92 Å². The molecule has 0 aliphatic rings.